The number of carbonyl (C=O) groups excluding carboxylic acids is 1. The molecule has 3 nitrogen and oxygen atoms in total. The fraction of sp³-hybridized carbons (Fsp3) is 0.182. The summed E-state index contributed by atoms with van der Waals surface area (Å²) in [5.41, 5.74) is -1.99. The van der Waals surface area contributed by atoms with Gasteiger partial charge < -0.3 is 9.15 Å². The number of fused-ring (bicyclic) bond motifs is 1. The SMILES string of the molecule is COC(=O)c1cc(F)c2occ(C(F)(F)F)c2c1. The molecule has 0 N–H and O–H groups in total. The molecule has 0 saturated heterocycles. The molecule has 0 unspecified atom stereocenters. The number of ether oxygens (including phenoxy) is 1. The minimum Gasteiger partial charge on any atom is -0.465 e. The Kier molecular flexibility index (Phi) is 2.76. The summed E-state index contributed by atoms with van der Waals surface area (Å²) in [6.45, 7) is 0. The van der Waals surface area contributed by atoms with Crippen LogP contribution in [0.1, 0.15) is 15.9 Å². The Bertz CT molecular complexity index is 613. The van der Waals surface area contributed by atoms with E-state index in [-0.39, 0.29) is 5.56 Å². The van der Waals surface area contributed by atoms with E-state index in [1.807, 2.05) is 0 Å². The Morgan fingerprint density at radius 1 is 1.33 bits per heavy atom. The Morgan fingerprint density at radius 2 is 2.00 bits per heavy atom. The van der Waals surface area contributed by atoms with E-state index in [1.165, 1.54) is 0 Å². The number of alkyl halides is 3. The normalized spacial score (nSPS) is 11.8. The minimum absolute atomic E-state index is 0.311. The van der Waals surface area contributed by atoms with Crippen molar-refractivity contribution in [3.63, 3.8) is 0 Å². The van der Waals surface area contributed by atoms with Crippen molar-refractivity contribution in [1.82, 2.24) is 0 Å². The average Bonchev–Trinajstić information content (AvgIpc) is 2.71. The van der Waals surface area contributed by atoms with Crippen LogP contribution in [0.4, 0.5) is 17.6 Å². The summed E-state index contributed by atoms with van der Waals surface area (Å²) in [5, 5.41) is -0.511. The highest BCUT2D eigenvalue weighted by Gasteiger charge is 2.35. The number of halogens is 4. The van der Waals surface area contributed by atoms with Gasteiger partial charge in [0.05, 0.1) is 12.7 Å². The van der Waals surface area contributed by atoms with E-state index in [4.69, 9.17) is 0 Å². The summed E-state index contributed by atoms with van der Waals surface area (Å²) in [6.07, 6.45) is -4.28. The van der Waals surface area contributed by atoms with Crippen LogP contribution in [-0.4, -0.2) is 13.1 Å². The van der Waals surface area contributed by atoms with Crippen LogP contribution in [0.15, 0.2) is 22.8 Å². The number of benzene rings is 1. The number of carbonyl (C=O) groups is 1. The van der Waals surface area contributed by atoms with Crippen molar-refractivity contribution in [2.75, 3.05) is 7.11 Å². The van der Waals surface area contributed by atoms with Crippen molar-refractivity contribution in [3.05, 3.63) is 35.3 Å². The topological polar surface area (TPSA) is 39.4 Å². The van der Waals surface area contributed by atoms with Gasteiger partial charge in [0.2, 0.25) is 0 Å². The van der Waals surface area contributed by atoms with Crippen LogP contribution in [0.5, 0.6) is 0 Å². The van der Waals surface area contributed by atoms with Crippen LogP contribution in [0, 0.1) is 5.82 Å². The molecule has 2 rings (SSSR count). The maximum Gasteiger partial charge on any atom is 0.420 e. The quantitative estimate of drug-likeness (QED) is 0.584. The van der Waals surface area contributed by atoms with Gasteiger partial charge in [0.25, 0.3) is 0 Å². The first-order valence-electron chi connectivity index (χ1n) is 4.71. The zero-order chi connectivity index (χ0) is 13.5. The van der Waals surface area contributed by atoms with Gasteiger partial charge in [0.1, 0.15) is 11.8 Å². The first-order chi connectivity index (χ1) is 8.34. The molecule has 0 aliphatic carbocycles. The zero-order valence-electron chi connectivity index (χ0n) is 8.97. The van der Waals surface area contributed by atoms with Gasteiger partial charge in [-0.3, -0.25) is 0 Å². The molecule has 0 aliphatic heterocycles. The number of hydrogen-bond donors (Lipinski definition) is 0. The van der Waals surface area contributed by atoms with Crippen LogP contribution >= 0.6 is 0 Å². The van der Waals surface area contributed by atoms with E-state index in [1.54, 1.807) is 0 Å². The summed E-state index contributed by atoms with van der Waals surface area (Å²) in [4.78, 5) is 11.2. The minimum atomic E-state index is -4.69. The molecule has 0 radical (unpaired) electrons. The molecule has 1 aromatic heterocycles. The fourth-order valence-electron chi connectivity index (χ4n) is 1.55. The van der Waals surface area contributed by atoms with E-state index in [0.29, 0.717) is 6.26 Å². The molecule has 0 bridgehead atoms. The molecule has 0 spiro atoms. The van der Waals surface area contributed by atoms with Gasteiger partial charge in [-0.15, -0.1) is 0 Å². The van der Waals surface area contributed by atoms with Gasteiger partial charge in [0.15, 0.2) is 11.4 Å². The second-order valence-corrected chi connectivity index (χ2v) is 3.47. The second-order valence-electron chi connectivity index (χ2n) is 3.47. The highest BCUT2D eigenvalue weighted by Crippen LogP contribution is 2.37. The summed E-state index contributed by atoms with van der Waals surface area (Å²) < 4.78 is 60.1. The summed E-state index contributed by atoms with van der Waals surface area (Å²) in [5.74, 6) is -1.98. The third-order valence-electron chi connectivity index (χ3n) is 2.35. The first kappa shape index (κ1) is 12.4. The summed E-state index contributed by atoms with van der Waals surface area (Å²) >= 11 is 0. The second kappa shape index (κ2) is 4.01. The Labute approximate surface area is 97.9 Å². The maximum atomic E-state index is 13.5. The molecule has 0 amide bonds. The molecule has 0 saturated carbocycles. The molecule has 7 heteroatoms. The van der Waals surface area contributed by atoms with Crippen molar-refractivity contribution >= 4 is 16.9 Å². The molecule has 0 atom stereocenters. The van der Waals surface area contributed by atoms with Crippen LogP contribution < -0.4 is 0 Å². The third kappa shape index (κ3) is 1.92. The predicted octanol–water partition coefficient (Wildman–Crippen LogP) is 3.38. The summed E-state index contributed by atoms with van der Waals surface area (Å²) in [6, 6.07) is 1.65. The lowest BCUT2D eigenvalue weighted by Gasteiger charge is -2.04. The number of esters is 1. The van der Waals surface area contributed by atoms with Gasteiger partial charge in [-0.05, 0) is 12.1 Å². The lowest BCUT2D eigenvalue weighted by Crippen LogP contribution is -2.05. The van der Waals surface area contributed by atoms with Gasteiger partial charge in [-0.25, -0.2) is 9.18 Å². The molecular formula is C11H6F4O3. The van der Waals surface area contributed by atoms with Crippen molar-refractivity contribution in [2.24, 2.45) is 0 Å². The fourth-order valence-corrected chi connectivity index (χ4v) is 1.55. The lowest BCUT2D eigenvalue weighted by molar-refractivity contribution is -0.136. The van der Waals surface area contributed by atoms with Crippen LogP contribution in [-0.2, 0) is 10.9 Å². The van der Waals surface area contributed by atoms with Gasteiger partial charge in [0, 0.05) is 5.39 Å². The molecule has 96 valence electrons. The molecule has 18 heavy (non-hydrogen) atoms. The largest absolute Gasteiger partial charge is 0.465 e. The zero-order valence-corrected chi connectivity index (χ0v) is 8.97. The van der Waals surface area contributed by atoms with E-state index in [2.05, 4.69) is 9.15 Å². The van der Waals surface area contributed by atoms with Crippen molar-refractivity contribution in [1.29, 1.82) is 0 Å². The smallest absolute Gasteiger partial charge is 0.420 e. The predicted molar refractivity (Wildman–Crippen MR) is 52.5 cm³/mol. The van der Waals surface area contributed by atoms with Gasteiger partial charge >= 0.3 is 12.1 Å². The van der Waals surface area contributed by atoms with Crippen molar-refractivity contribution in [3.8, 4) is 0 Å². The molecule has 2 aromatic rings. The van der Waals surface area contributed by atoms with Crippen molar-refractivity contribution in [2.45, 2.75) is 6.18 Å². The molecule has 0 aliphatic rings. The summed E-state index contributed by atoms with van der Waals surface area (Å²) in [7, 11) is 1.05. The van der Waals surface area contributed by atoms with Crippen LogP contribution in [0.2, 0.25) is 0 Å². The van der Waals surface area contributed by atoms with E-state index in [9.17, 15) is 22.4 Å². The third-order valence-corrected chi connectivity index (χ3v) is 2.35. The molecule has 1 heterocycles. The Balaban J connectivity index is 2.72. The Hall–Kier alpha value is -2.05. The van der Waals surface area contributed by atoms with Gasteiger partial charge in [-0.2, -0.15) is 13.2 Å². The monoisotopic (exact) mass is 262 g/mol. The first-order valence-corrected chi connectivity index (χ1v) is 4.71. The molecular weight excluding hydrogens is 256 g/mol. The number of hydrogen-bond acceptors (Lipinski definition) is 3. The van der Waals surface area contributed by atoms with Crippen molar-refractivity contribution < 1.29 is 31.5 Å². The highest BCUT2D eigenvalue weighted by molar-refractivity contribution is 5.95. The Morgan fingerprint density at radius 3 is 2.56 bits per heavy atom. The number of rotatable bonds is 1. The number of furan rings is 1. The van der Waals surface area contributed by atoms with E-state index < -0.39 is 34.5 Å². The standard InChI is InChI=1S/C11H6F4O3/c1-17-10(16)5-2-6-7(11(13,14)15)4-18-9(6)8(12)3-5/h2-4H,1H3. The van der Waals surface area contributed by atoms with Gasteiger partial charge in [-0.1, -0.05) is 0 Å². The van der Waals surface area contributed by atoms with E-state index >= 15 is 0 Å². The van der Waals surface area contributed by atoms with Crippen LogP contribution in [0.25, 0.3) is 11.0 Å². The number of methoxy groups -OCH3 is 1. The maximum absolute atomic E-state index is 13.5. The highest BCUT2D eigenvalue weighted by atomic mass is 19.4. The molecule has 1 aromatic carbocycles. The molecule has 0 fully saturated rings. The van der Waals surface area contributed by atoms with E-state index in [0.717, 1.165) is 19.2 Å². The lowest BCUT2D eigenvalue weighted by atomic mass is 10.1. The average molecular weight is 262 g/mol. The van der Waals surface area contributed by atoms with Crippen LogP contribution in [0.3, 0.4) is 0 Å².